The van der Waals surface area contributed by atoms with Gasteiger partial charge in [-0.15, -0.1) is 11.3 Å². The molecule has 3 aromatic rings. The maximum Gasteiger partial charge on any atom is 0.224 e. The lowest BCUT2D eigenvalue weighted by Crippen LogP contribution is -2.26. The first-order chi connectivity index (χ1) is 14.5. The molecule has 30 heavy (non-hydrogen) atoms. The molecule has 2 aromatic heterocycles. The van der Waals surface area contributed by atoms with Gasteiger partial charge in [-0.2, -0.15) is 4.98 Å². The Labute approximate surface area is 178 Å². The maximum atomic E-state index is 10.5. The Hall–Kier alpha value is -2.29. The van der Waals surface area contributed by atoms with E-state index in [0.717, 1.165) is 51.2 Å². The summed E-state index contributed by atoms with van der Waals surface area (Å²) in [6, 6.07) is 8.19. The summed E-state index contributed by atoms with van der Waals surface area (Å²) < 4.78 is 1.13. The predicted octanol–water partition coefficient (Wildman–Crippen LogP) is 3.18. The normalized spacial score (nSPS) is 29.8. The number of rotatable bonds is 6. The molecule has 8 heteroatoms. The van der Waals surface area contributed by atoms with Crippen LogP contribution in [0.5, 0.6) is 0 Å². The van der Waals surface area contributed by atoms with Gasteiger partial charge < -0.3 is 20.8 Å². The van der Waals surface area contributed by atoms with Gasteiger partial charge in [-0.25, -0.2) is 9.97 Å². The number of para-hydroxylation sites is 1. The fraction of sp³-hybridized carbons (Fsp3) is 0.500. The first kappa shape index (κ1) is 18.5. The van der Waals surface area contributed by atoms with Crippen molar-refractivity contribution in [1.29, 1.82) is 0 Å². The Morgan fingerprint density at radius 2 is 2.03 bits per heavy atom. The third-order valence-corrected chi connectivity index (χ3v) is 7.78. The number of hydrogen-bond acceptors (Lipinski definition) is 8. The minimum absolute atomic E-state index is 0.0312. The molecule has 0 bridgehead atoms. The molecule has 0 amide bonds. The van der Waals surface area contributed by atoms with Crippen molar-refractivity contribution in [3.05, 3.63) is 30.0 Å². The highest BCUT2D eigenvalue weighted by Crippen LogP contribution is 2.56. The molecule has 0 radical (unpaired) electrons. The molecule has 0 spiro atoms. The van der Waals surface area contributed by atoms with E-state index in [0.29, 0.717) is 12.4 Å². The maximum absolute atomic E-state index is 10.5. The number of nitrogens with one attached hydrogen (secondary N) is 2. The number of fused-ring (bicyclic) bond motifs is 2. The van der Waals surface area contributed by atoms with Gasteiger partial charge >= 0.3 is 0 Å². The minimum Gasteiger partial charge on any atom is -0.390 e. The van der Waals surface area contributed by atoms with Gasteiger partial charge in [0.05, 0.1) is 33.2 Å². The van der Waals surface area contributed by atoms with Crippen LogP contribution < -0.4 is 10.6 Å². The molecule has 156 valence electrons. The third kappa shape index (κ3) is 3.05. The molecule has 6 rings (SSSR count). The van der Waals surface area contributed by atoms with E-state index >= 15 is 0 Å². The number of aliphatic hydroxyl groups is 2. The van der Waals surface area contributed by atoms with E-state index in [1.54, 1.807) is 11.3 Å². The second-order valence-electron chi connectivity index (χ2n) is 8.99. The average molecular weight is 424 g/mol. The SMILES string of the molecule is Cc1nc(NCC2CC2)nc(N[C@@H]2C[C@@H]3C(O)[C@]3(O)C2)c1-c1nc2ccccc2s1. The smallest absolute Gasteiger partial charge is 0.224 e. The van der Waals surface area contributed by atoms with Crippen LogP contribution in [0.2, 0.25) is 0 Å². The van der Waals surface area contributed by atoms with E-state index in [1.165, 1.54) is 12.8 Å². The van der Waals surface area contributed by atoms with Gasteiger partial charge in [0, 0.05) is 18.5 Å². The number of aromatic nitrogens is 3. The molecule has 1 unspecified atom stereocenters. The van der Waals surface area contributed by atoms with Gasteiger partial charge in [-0.05, 0) is 50.7 Å². The summed E-state index contributed by atoms with van der Waals surface area (Å²) in [5.74, 6) is 2.08. The number of benzene rings is 1. The molecule has 3 fully saturated rings. The van der Waals surface area contributed by atoms with E-state index in [9.17, 15) is 10.2 Å². The summed E-state index contributed by atoms with van der Waals surface area (Å²) in [6.07, 6.45) is 3.23. The summed E-state index contributed by atoms with van der Waals surface area (Å²) in [6.45, 7) is 2.90. The van der Waals surface area contributed by atoms with Crippen LogP contribution in [0.3, 0.4) is 0 Å². The average Bonchev–Trinajstić information content (AvgIpc) is 3.51. The molecule has 2 heterocycles. The monoisotopic (exact) mass is 423 g/mol. The van der Waals surface area contributed by atoms with Crippen LogP contribution in [0.15, 0.2) is 24.3 Å². The van der Waals surface area contributed by atoms with E-state index < -0.39 is 11.7 Å². The molecule has 0 aliphatic heterocycles. The highest BCUT2D eigenvalue weighted by molar-refractivity contribution is 7.21. The zero-order valence-electron chi connectivity index (χ0n) is 16.8. The number of hydrogen-bond donors (Lipinski definition) is 4. The number of aryl methyl sites for hydroxylation is 1. The van der Waals surface area contributed by atoms with Crippen molar-refractivity contribution >= 4 is 33.3 Å². The highest BCUT2D eigenvalue weighted by Gasteiger charge is 2.68. The molecule has 3 aliphatic rings. The van der Waals surface area contributed by atoms with E-state index in [4.69, 9.17) is 15.0 Å². The second kappa shape index (κ2) is 6.60. The number of anilines is 2. The predicted molar refractivity (Wildman–Crippen MR) is 118 cm³/mol. The third-order valence-electron chi connectivity index (χ3n) is 6.72. The van der Waals surface area contributed by atoms with Crippen molar-refractivity contribution in [1.82, 2.24) is 15.0 Å². The van der Waals surface area contributed by atoms with Gasteiger partial charge in [-0.1, -0.05) is 12.1 Å². The Bertz CT molecular complexity index is 1100. The summed E-state index contributed by atoms with van der Waals surface area (Å²) in [7, 11) is 0. The standard InChI is InChI=1S/C22H25N5O2S/c1-11-17(20-26-15-4-2-3-5-16(15)30-20)19(27-21(24-11)23-10-12-6-7-12)25-13-8-14-18(28)22(14,29)9-13/h2-5,12-14,18,28-29H,6-10H2,1H3,(H2,23,24,25,27)/t13-,14-,18?,22+/m1/s1. The summed E-state index contributed by atoms with van der Waals surface area (Å²) in [5, 5.41) is 28.2. The Balaban J connectivity index is 1.36. The van der Waals surface area contributed by atoms with Crippen LogP contribution in [-0.4, -0.2) is 49.5 Å². The van der Waals surface area contributed by atoms with Crippen molar-refractivity contribution in [2.45, 2.75) is 50.4 Å². The van der Waals surface area contributed by atoms with Crippen LogP contribution in [0.1, 0.15) is 31.4 Å². The van der Waals surface area contributed by atoms with Crippen molar-refractivity contribution in [2.24, 2.45) is 11.8 Å². The first-order valence-electron chi connectivity index (χ1n) is 10.7. The minimum atomic E-state index is -0.928. The number of nitrogens with zero attached hydrogens (tertiary/aromatic N) is 3. The summed E-state index contributed by atoms with van der Waals surface area (Å²) in [4.78, 5) is 14.4. The lowest BCUT2D eigenvalue weighted by molar-refractivity contribution is 0.0801. The lowest BCUT2D eigenvalue weighted by atomic mass is 10.1. The topological polar surface area (TPSA) is 103 Å². The second-order valence-corrected chi connectivity index (χ2v) is 10.0. The van der Waals surface area contributed by atoms with Gasteiger partial charge in [0.1, 0.15) is 10.8 Å². The fourth-order valence-electron chi connectivity index (χ4n) is 4.72. The molecule has 1 aromatic carbocycles. The van der Waals surface area contributed by atoms with Gasteiger partial charge in [0.25, 0.3) is 0 Å². The fourth-order valence-corrected chi connectivity index (χ4v) is 5.79. The van der Waals surface area contributed by atoms with Crippen LogP contribution in [0, 0.1) is 18.8 Å². The Kier molecular flexibility index (Phi) is 4.07. The van der Waals surface area contributed by atoms with Crippen molar-refractivity contribution in [3.8, 4) is 10.6 Å². The molecule has 4 atom stereocenters. The number of aliphatic hydroxyl groups excluding tert-OH is 1. The zero-order chi connectivity index (χ0) is 20.5. The van der Waals surface area contributed by atoms with Crippen LogP contribution >= 0.6 is 11.3 Å². The quantitative estimate of drug-likeness (QED) is 0.483. The van der Waals surface area contributed by atoms with Crippen molar-refractivity contribution in [2.75, 3.05) is 17.2 Å². The Morgan fingerprint density at radius 3 is 2.77 bits per heavy atom. The molecule has 7 nitrogen and oxygen atoms in total. The van der Waals surface area contributed by atoms with E-state index in [2.05, 4.69) is 16.7 Å². The first-order valence-corrected chi connectivity index (χ1v) is 11.5. The van der Waals surface area contributed by atoms with E-state index in [1.807, 2.05) is 25.1 Å². The highest BCUT2D eigenvalue weighted by atomic mass is 32.1. The lowest BCUT2D eigenvalue weighted by Gasteiger charge is -2.20. The largest absolute Gasteiger partial charge is 0.390 e. The van der Waals surface area contributed by atoms with Crippen molar-refractivity contribution < 1.29 is 10.2 Å². The number of thiazole rings is 1. The molecule has 0 saturated heterocycles. The summed E-state index contributed by atoms with van der Waals surface area (Å²) in [5.41, 5.74) is 1.84. The Morgan fingerprint density at radius 1 is 1.20 bits per heavy atom. The van der Waals surface area contributed by atoms with Gasteiger partial charge in [0.15, 0.2) is 0 Å². The van der Waals surface area contributed by atoms with E-state index in [-0.39, 0.29) is 12.0 Å². The molecular weight excluding hydrogens is 398 g/mol. The van der Waals surface area contributed by atoms with Crippen LogP contribution in [0.4, 0.5) is 11.8 Å². The van der Waals surface area contributed by atoms with Crippen LogP contribution in [0.25, 0.3) is 20.8 Å². The summed E-state index contributed by atoms with van der Waals surface area (Å²) >= 11 is 1.64. The van der Waals surface area contributed by atoms with Crippen LogP contribution in [-0.2, 0) is 0 Å². The van der Waals surface area contributed by atoms with Gasteiger partial charge in [0.2, 0.25) is 5.95 Å². The molecule has 3 saturated carbocycles. The zero-order valence-corrected chi connectivity index (χ0v) is 17.6. The van der Waals surface area contributed by atoms with Crippen molar-refractivity contribution in [3.63, 3.8) is 0 Å². The van der Waals surface area contributed by atoms with Gasteiger partial charge in [-0.3, -0.25) is 0 Å². The molecular formula is C22H25N5O2S. The molecule has 4 N–H and O–H groups in total. The molecule has 3 aliphatic carbocycles.